The maximum atomic E-state index is 13.4. The van der Waals surface area contributed by atoms with Crippen LogP contribution in [0.4, 0.5) is 22.1 Å². The zero-order valence-corrected chi connectivity index (χ0v) is 22.7. The van der Waals surface area contributed by atoms with Crippen LogP contribution in [0.1, 0.15) is 59.8 Å². The van der Waals surface area contributed by atoms with Crippen molar-refractivity contribution in [2.24, 2.45) is 0 Å². The standard InChI is InChI=1S/C29H33N7O4/c1-19-18-40-11-5-9-35(19)16-21-12-20-6-4-10-36(28(20)33-25(21)17-37)29(38)34-27-13-24(22(14-30)15-31-27)32-23-7-3-8-26(23)39-2/h5,11-13,15,17-18,23,26H,3-4,6-10,16H2,1-2H3,(H2,31,32,34,38)/t23-,26-/m0/s1. The van der Waals surface area contributed by atoms with E-state index in [4.69, 9.17) is 9.47 Å². The highest BCUT2D eigenvalue weighted by Gasteiger charge is 2.29. The number of ether oxygens (including phenoxy) is 2. The van der Waals surface area contributed by atoms with E-state index in [0.29, 0.717) is 48.2 Å². The summed E-state index contributed by atoms with van der Waals surface area (Å²) in [5.74, 6) is 0.790. The first kappa shape index (κ1) is 27.1. The summed E-state index contributed by atoms with van der Waals surface area (Å²) in [5.41, 5.74) is 3.94. The number of pyridine rings is 2. The van der Waals surface area contributed by atoms with Crippen LogP contribution in [0.3, 0.4) is 0 Å². The molecule has 0 unspecified atom stereocenters. The van der Waals surface area contributed by atoms with Crippen molar-refractivity contribution in [1.82, 2.24) is 14.9 Å². The number of hydrogen-bond donors (Lipinski definition) is 2. The second-order valence-electron chi connectivity index (χ2n) is 10.1. The smallest absolute Gasteiger partial charge is 0.328 e. The number of nitrogens with one attached hydrogen (secondary N) is 2. The number of carbonyl (C=O) groups is 2. The van der Waals surface area contributed by atoms with Crippen LogP contribution < -0.4 is 15.5 Å². The minimum Gasteiger partial charge on any atom is -0.471 e. The topological polar surface area (TPSA) is 133 Å². The van der Waals surface area contributed by atoms with Gasteiger partial charge < -0.3 is 19.7 Å². The van der Waals surface area contributed by atoms with Gasteiger partial charge in [0, 0.05) is 50.3 Å². The highest BCUT2D eigenvalue weighted by Crippen LogP contribution is 2.30. The Morgan fingerprint density at radius 2 is 2.20 bits per heavy atom. The van der Waals surface area contributed by atoms with Crippen molar-refractivity contribution >= 4 is 29.6 Å². The van der Waals surface area contributed by atoms with E-state index in [2.05, 4.69) is 31.6 Å². The van der Waals surface area contributed by atoms with Gasteiger partial charge in [0.05, 0.1) is 29.7 Å². The molecule has 11 nitrogen and oxygen atoms in total. The summed E-state index contributed by atoms with van der Waals surface area (Å²) in [7, 11) is 1.69. The second kappa shape index (κ2) is 12.2. The van der Waals surface area contributed by atoms with Gasteiger partial charge in [-0.25, -0.2) is 14.8 Å². The van der Waals surface area contributed by atoms with E-state index in [1.165, 1.54) is 6.20 Å². The number of methoxy groups -OCH3 is 1. The summed E-state index contributed by atoms with van der Waals surface area (Å²) in [5, 5.41) is 15.9. The molecule has 1 aliphatic carbocycles. The van der Waals surface area contributed by atoms with Crippen LogP contribution in [0, 0.1) is 11.3 Å². The van der Waals surface area contributed by atoms with Crippen molar-refractivity contribution in [3.05, 3.63) is 65.0 Å². The number of fused-ring (bicyclic) bond motifs is 1. The zero-order chi connectivity index (χ0) is 28.1. The molecular formula is C29H33N7O4. The van der Waals surface area contributed by atoms with Crippen LogP contribution in [-0.2, 0) is 22.4 Å². The number of aryl methyl sites for hydroxylation is 1. The molecule has 1 fully saturated rings. The van der Waals surface area contributed by atoms with Gasteiger partial charge in [0.25, 0.3) is 0 Å². The van der Waals surface area contributed by atoms with E-state index in [-0.39, 0.29) is 12.1 Å². The average Bonchev–Trinajstić information content (AvgIpc) is 3.32. The highest BCUT2D eigenvalue weighted by atomic mass is 16.5. The van der Waals surface area contributed by atoms with E-state index >= 15 is 0 Å². The lowest BCUT2D eigenvalue weighted by Gasteiger charge is -2.30. The number of hydrogen-bond acceptors (Lipinski definition) is 9. The van der Waals surface area contributed by atoms with Crippen molar-refractivity contribution < 1.29 is 19.1 Å². The Morgan fingerprint density at radius 3 is 3.00 bits per heavy atom. The summed E-state index contributed by atoms with van der Waals surface area (Å²) in [6.07, 6.45) is 11.9. The minimum atomic E-state index is -0.398. The molecular weight excluding hydrogens is 510 g/mol. The molecule has 5 rings (SSSR count). The van der Waals surface area contributed by atoms with E-state index < -0.39 is 6.03 Å². The molecule has 2 aliphatic heterocycles. The Bertz CT molecular complexity index is 1380. The Labute approximate surface area is 233 Å². The number of nitriles is 1. The molecule has 0 saturated heterocycles. The lowest BCUT2D eigenvalue weighted by Crippen LogP contribution is -2.40. The van der Waals surface area contributed by atoms with Crippen LogP contribution >= 0.6 is 0 Å². The van der Waals surface area contributed by atoms with Gasteiger partial charge in [-0.05, 0) is 56.7 Å². The van der Waals surface area contributed by atoms with Crippen LogP contribution in [0.5, 0.6) is 0 Å². The molecule has 0 aromatic carbocycles. The normalized spacial score (nSPS) is 20.1. The lowest BCUT2D eigenvalue weighted by atomic mass is 10.0. The number of allylic oxidation sites excluding steroid dienone is 1. The maximum Gasteiger partial charge on any atom is 0.328 e. The minimum absolute atomic E-state index is 0.0645. The van der Waals surface area contributed by atoms with Crippen LogP contribution in [0.15, 0.2) is 42.6 Å². The van der Waals surface area contributed by atoms with Crippen molar-refractivity contribution in [2.45, 2.75) is 57.7 Å². The SMILES string of the molecule is CO[C@H]1CCC[C@@H]1Nc1cc(NC(=O)N2CCCc3cc(CN4CC=COC=C4C)c(C=O)nc32)ncc1C#N. The molecule has 208 valence electrons. The van der Waals surface area contributed by atoms with E-state index in [1.54, 1.807) is 30.6 Å². The molecule has 4 heterocycles. The number of anilines is 3. The predicted octanol–water partition coefficient (Wildman–Crippen LogP) is 4.33. The lowest BCUT2D eigenvalue weighted by molar-refractivity contribution is 0.101. The Hall–Kier alpha value is -4.43. The first-order chi connectivity index (χ1) is 19.5. The molecule has 40 heavy (non-hydrogen) atoms. The monoisotopic (exact) mass is 543 g/mol. The third-order valence-electron chi connectivity index (χ3n) is 7.59. The van der Waals surface area contributed by atoms with Gasteiger partial charge in [0.15, 0.2) is 6.29 Å². The molecule has 1 saturated carbocycles. The summed E-state index contributed by atoms with van der Waals surface area (Å²) in [6, 6.07) is 5.50. The molecule has 3 aliphatic rings. The molecule has 0 spiro atoms. The van der Waals surface area contributed by atoms with Crippen LogP contribution in [0.2, 0.25) is 0 Å². The van der Waals surface area contributed by atoms with E-state index in [1.807, 2.05) is 19.1 Å². The summed E-state index contributed by atoms with van der Waals surface area (Å²) in [6.45, 7) is 3.55. The number of rotatable bonds is 7. The van der Waals surface area contributed by atoms with Crippen molar-refractivity contribution in [1.29, 1.82) is 5.26 Å². The Kier molecular flexibility index (Phi) is 8.26. The first-order valence-corrected chi connectivity index (χ1v) is 13.5. The predicted molar refractivity (Wildman–Crippen MR) is 150 cm³/mol. The fourth-order valence-electron chi connectivity index (χ4n) is 5.44. The zero-order valence-electron chi connectivity index (χ0n) is 22.7. The van der Waals surface area contributed by atoms with Crippen LogP contribution in [0.25, 0.3) is 0 Å². The van der Waals surface area contributed by atoms with Crippen molar-refractivity contribution in [3.63, 3.8) is 0 Å². The molecule has 2 aromatic heterocycles. The number of carbonyl (C=O) groups excluding carboxylic acids is 2. The highest BCUT2D eigenvalue weighted by molar-refractivity contribution is 6.01. The van der Waals surface area contributed by atoms with E-state index in [9.17, 15) is 14.9 Å². The Morgan fingerprint density at radius 1 is 1.32 bits per heavy atom. The van der Waals surface area contributed by atoms with Gasteiger partial charge in [0.2, 0.25) is 0 Å². The molecule has 0 bridgehead atoms. The number of amides is 2. The van der Waals surface area contributed by atoms with Gasteiger partial charge in [-0.3, -0.25) is 15.0 Å². The van der Waals surface area contributed by atoms with Crippen molar-refractivity contribution in [2.75, 3.05) is 35.7 Å². The van der Waals surface area contributed by atoms with E-state index in [0.717, 1.165) is 55.2 Å². The quantitative estimate of drug-likeness (QED) is 0.490. The Balaban J connectivity index is 1.35. The molecule has 0 radical (unpaired) electrons. The average molecular weight is 544 g/mol. The number of aromatic nitrogens is 2. The molecule has 2 aromatic rings. The second-order valence-corrected chi connectivity index (χ2v) is 10.1. The van der Waals surface area contributed by atoms with Gasteiger partial charge in [0.1, 0.15) is 29.7 Å². The summed E-state index contributed by atoms with van der Waals surface area (Å²) in [4.78, 5) is 38.0. The van der Waals surface area contributed by atoms with Gasteiger partial charge in [-0.1, -0.05) is 0 Å². The van der Waals surface area contributed by atoms with Gasteiger partial charge in [-0.2, -0.15) is 5.26 Å². The summed E-state index contributed by atoms with van der Waals surface area (Å²) >= 11 is 0. The van der Waals surface area contributed by atoms with Crippen molar-refractivity contribution in [3.8, 4) is 6.07 Å². The van der Waals surface area contributed by atoms with Gasteiger partial charge >= 0.3 is 6.03 Å². The third-order valence-corrected chi connectivity index (χ3v) is 7.59. The number of urea groups is 1. The molecule has 2 atom stereocenters. The molecule has 2 N–H and O–H groups in total. The molecule has 11 heteroatoms. The summed E-state index contributed by atoms with van der Waals surface area (Å²) < 4.78 is 10.9. The number of nitrogens with zero attached hydrogens (tertiary/aromatic N) is 5. The molecule has 2 amide bonds. The first-order valence-electron chi connectivity index (χ1n) is 13.5. The fraction of sp³-hybridized carbons (Fsp3) is 0.414. The maximum absolute atomic E-state index is 13.4. The van der Waals surface area contributed by atoms with Gasteiger partial charge in [-0.15, -0.1) is 0 Å². The fourth-order valence-corrected chi connectivity index (χ4v) is 5.44. The van der Waals surface area contributed by atoms with Crippen LogP contribution in [-0.4, -0.2) is 59.5 Å². The number of aldehydes is 1. The largest absolute Gasteiger partial charge is 0.471 e. The third kappa shape index (κ3) is 5.77.